The van der Waals surface area contributed by atoms with E-state index in [-0.39, 0.29) is 0 Å². The van der Waals surface area contributed by atoms with Gasteiger partial charge < -0.3 is 0 Å². The monoisotopic (exact) mass is 269 g/mol. The zero-order chi connectivity index (χ0) is 14.8. The van der Waals surface area contributed by atoms with E-state index in [1.54, 1.807) is 6.20 Å². The van der Waals surface area contributed by atoms with Crippen molar-refractivity contribution in [1.29, 1.82) is 5.26 Å². The maximum Gasteiger partial charge on any atom is 0.0624 e. The second-order valence-corrected chi connectivity index (χ2v) is 5.18. The fourth-order valence-electron chi connectivity index (χ4n) is 1.97. The Morgan fingerprint density at radius 1 is 1.50 bits per heavy atom. The molecule has 3 nitrogen and oxygen atoms in total. The van der Waals surface area contributed by atoms with Gasteiger partial charge in [0.15, 0.2) is 0 Å². The Labute approximate surface area is 122 Å². The van der Waals surface area contributed by atoms with Gasteiger partial charge >= 0.3 is 0 Å². The van der Waals surface area contributed by atoms with Crippen LogP contribution in [-0.4, -0.2) is 11.2 Å². The number of hydrogen-bond donors (Lipinski definition) is 0. The maximum atomic E-state index is 8.80. The first-order valence-corrected chi connectivity index (χ1v) is 7.17. The van der Waals surface area contributed by atoms with Gasteiger partial charge in [-0.05, 0) is 41.9 Å². The standard InChI is InChI=1S/C17H23N3/c1-4-15(17-6-5-10-19-13-17)12-20-11-8-16(7-9-18)14(2)3/h5-6,10-14,16H,4,7-8H2,1-3H3/b15-12+,20-11-. The molecule has 0 aliphatic heterocycles. The molecule has 0 fully saturated rings. The van der Waals surface area contributed by atoms with E-state index < -0.39 is 0 Å². The van der Waals surface area contributed by atoms with Gasteiger partial charge in [-0.25, -0.2) is 0 Å². The van der Waals surface area contributed by atoms with Crippen LogP contribution in [0, 0.1) is 23.2 Å². The summed E-state index contributed by atoms with van der Waals surface area (Å²) in [4.78, 5) is 8.53. The van der Waals surface area contributed by atoms with Crippen molar-refractivity contribution >= 4 is 11.8 Å². The summed E-state index contributed by atoms with van der Waals surface area (Å²) in [7, 11) is 0. The molecular formula is C17H23N3. The van der Waals surface area contributed by atoms with E-state index in [2.05, 4.69) is 36.8 Å². The molecule has 106 valence electrons. The minimum Gasteiger partial charge on any atom is -0.269 e. The first-order chi connectivity index (χ1) is 9.69. The summed E-state index contributed by atoms with van der Waals surface area (Å²) >= 11 is 0. The van der Waals surface area contributed by atoms with Crippen molar-refractivity contribution in [2.45, 2.75) is 40.0 Å². The lowest BCUT2D eigenvalue weighted by molar-refractivity contribution is 0.407. The highest BCUT2D eigenvalue weighted by Crippen LogP contribution is 2.18. The zero-order valence-electron chi connectivity index (χ0n) is 12.6. The van der Waals surface area contributed by atoms with Crippen LogP contribution in [0.5, 0.6) is 0 Å². The molecule has 1 atom stereocenters. The summed E-state index contributed by atoms with van der Waals surface area (Å²) in [6.07, 6.45) is 9.83. The van der Waals surface area contributed by atoms with Crippen LogP contribution in [0.4, 0.5) is 0 Å². The number of rotatable bonds is 7. The molecule has 0 aliphatic carbocycles. The highest BCUT2D eigenvalue weighted by Gasteiger charge is 2.10. The van der Waals surface area contributed by atoms with Crippen molar-refractivity contribution in [3.8, 4) is 6.07 Å². The Hall–Kier alpha value is -1.95. The predicted octanol–water partition coefficient (Wildman–Crippen LogP) is 4.48. The Kier molecular flexibility index (Phi) is 7.27. The normalized spacial score (nSPS) is 13.7. The van der Waals surface area contributed by atoms with Gasteiger partial charge in [-0.1, -0.05) is 26.8 Å². The molecule has 1 unspecified atom stereocenters. The van der Waals surface area contributed by atoms with Gasteiger partial charge in [0.25, 0.3) is 0 Å². The number of pyridine rings is 1. The van der Waals surface area contributed by atoms with Crippen molar-refractivity contribution in [2.24, 2.45) is 16.8 Å². The fourth-order valence-corrected chi connectivity index (χ4v) is 1.97. The minimum atomic E-state index is 0.389. The quantitative estimate of drug-likeness (QED) is 0.685. The van der Waals surface area contributed by atoms with E-state index in [9.17, 15) is 0 Å². The summed E-state index contributed by atoms with van der Waals surface area (Å²) < 4.78 is 0. The van der Waals surface area contributed by atoms with E-state index >= 15 is 0 Å². The number of allylic oxidation sites excluding steroid dienone is 1. The minimum absolute atomic E-state index is 0.389. The molecule has 0 bridgehead atoms. The average Bonchev–Trinajstić information content (AvgIpc) is 2.47. The molecule has 1 rings (SSSR count). The molecule has 0 N–H and O–H groups in total. The van der Waals surface area contributed by atoms with Gasteiger partial charge in [0.2, 0.25) is 0 Å². The SMILES string of the molecule is CC/C(=C\N=C/CC(CC#N)C(C)C)c1cccnc1. The van der Waals surface area contributed by atoms with E-state index in [0.29, 0.717) is 18.3 Å². The average molecular weight is 269 g/mol. The first-order valence-electron chi connectivity index (χ1n) is 7.17. The first kappa shape index (κ1) is 16.1. The van der Waals surface area contributed by atoms with Gasteiger partial charge in [0.1, 0.15) is 0 Å². The molecule has 0 aromatic carbocycles. The number of hydrogen-bond acceptors (Lipinski definition) is 3. The zero-order valence-corrected chi connectivity index (χ0v) is 12.6. The second-order valence-electron chi connectivity index (χ2n) is 5.18. The lowest BCUT2D eigenvalue weighted by Crippen LogP contribution is -2.08. The number of aromatic nitrogens is 1. The van der Waals surface area contributed by atoms with Gasteiger partial charge in [-0.2, -0.15) is 5.26 Å². The van der Waals surface area contributed by atoms with Crippen LogP contribution < -0.4 is 0 Å². The lowest BCUT2D eigenvalue weighted by Gasteiger charge is -2.14. The Morgan fingerprint density at radius 3 is 2.85 bits per heavy atom. The van der Waals surface area contributed by atoms with E-state index in [1.165, 1.54) is 5.57 Å². The lowest BCUT2D eigenvalue weighted by atomic mass is 9.90. The van der Waals surface area contributed by atoms with Crippen molar-refractivity contribution in [3.63, 3.8) is 0 Å². The van der Waals surface area contributed by atoms with Crippen molar-refractivity contribution in [3.05, 3.63) is 36.3 Å². The summed E-state index contributed by atoms with van der Waals surface area (Å²) in [6.45, 7) is 6.42. The van der Waals surface area contributed by atoms with Crippen LogP contribution in [-0.2, 0) is 0 Å². The van der Waals surface area contributed by atoms with Gasteiger partial charge in [-0.3, -0.25) is 9.98 Å². The maximum absolute atomic E-state index is 8.80. The summed E-state index contributed by atoms with van der Waals surface area (Å²) in [6, 6.07) is 6.23. The molecule has 0 saturated carbocycles. The van der Waals surface area contributed by atoms with Gasteiger partial charge in [-0.15, -0.1) is 0 Å². The topological polar surface area (TPSA) is 49.0 Å². The molecule has 3 heteroatoms. The Morgan fingerprint density at radius 2 is 2.30 bits per heavy atom. The number of aliphatic imine (C=N–C) groups is 1. The van der Waals surface area contributed by atoms with Gasteiger partial charge in [0.05, 0.1) is 6.07 Å². The molecule has 1 aromatic rings. The van der Waals surface area contributed by atoms with Crippen molar-refractivity contribution < 1.29 is 0 Å². The van der Waals surface area contributed by atoms with E-state index in [4.69, 9.17) is 5.26 Å². The van der Waals surface area contributed by atoms with Crippen LogP contribution in [0.3, 0.4) is 0 Å². The molecule has 1 aromatic heterocycles. The molecule has 1 heterocycles. The highest BCUT2D eigenvalue weighted by molar-refractivity contribution is 5.67. The van der Waals surface area contributed by atoms with Crippen molar-refractivity contribution in [2.75, 3.05) is 0 Å². The molecule has 0 spiro atoms. The molecule has 0 radical (unpaired) electrons. The second kappa shape index (κ2) is 9.03. The van der Waals surface area contributed by atoms with Crippen LogP contribution in [0.15, 0.2) is 35.7 Å². The van der Waals surface area contributed by atoms with E-state index in [1.807, 2.05) is 30.7 Å². The summed E-state index contributed by atoms with van der Waals surface area (Å²) in [5, 5.41) is 8.80. The third kappa shape index (κ3) is 5.36. The smallest absolute Gasteiger partial charge is 0.0624 e. The van der Waals surface area contributed by atoms with Crippen LogP contribution >= 0.6 is 0 Å². The van der Waals surface area contributed by atoms with Crippen LogP contribution in [0.1, 0.15) is 45.6 Å². The van der Waals surface area contributed by atoms with Crippen LogP contribution in [0.25, 0.3) is 5.57 Å². The molecular weight excluding hydrogens is 246 g/mol. The predicted molar refractivity (Wildman–Crippen MR) is 84.2 cm³/mol. The number of nitrogens with zero attached hydrogens (tertiary/aromatic N) is 3. The molecule has 0 amide bonds. The summed E-state index contributed by atoms with van der Waals surface area (Å²) in [5.74, 6) is 0.898. The highest BCUT2D eigenvalue weighted by atomic mass is 14.7. The van der Waals surface area contributed by atoms with E-state index in [0.717, 1.165) is 18.4 Å². The molecule has 0 saturated heterocycles. The summed E-state index contributed by atoms with van der Waals surface area (Å²) in [5.41, 5.74) is 2.29. The van der Waals surface area contributed by atoms with Gasteiger partial charge in [0, 0.05) is 31.2 Å². The molecule has 0 aliphatic rings. The number of nitriles is 1. The Bertz CT molecular complexity index is 481. The largest absolute Gasteiger partial charge is 0.269 e. The third-order valence-corrected chi connectivity index (χ3v) is 3.45. The van der Waals surface area contributed by atoms with Crippen LogP contribution in [0.2, 0.25) is 0 Å². The third-order valence-electron chi connectivity index (χ3n) is 3.45. The van der Waals surface area contributed by atoms with Crippen molar-refractivity contribution in [1.82, 2.24) is 4.98 Å². The Balaban J connectivity index is 2.65. The molecule has 20 heavy (non-hydrogen) atoms. The fraction of sp³-hybridized carbons (Fsp3) is 0.471.